The molecule has 3 heterocycles. The second-order valence-electron chi connectivity index (χ2n) is 4.83. The van der Waals surface area contributed by atoms with Crippen molar-refractivity contribution < 1.29 is 9.90 Å². The zero-order valence-corrected chi connectivity index (χ0v) is 10.1. The summed E-state index contributed by atoms with van der Waals surface area (Å²) in [5, 5.41) is 8.94. The number of carboxylic acid groups (broad SMARTS) is 1. The van der Waals surface area contributed by atoms with E-state index in [1.54, 1.807) is 0 Å². The van der Waals surface area contributed by atoms with Crippen molar-refractivity contribution >= 4 is 11.9 Å². The first-order valence-corrected chi connectivity index (χ1v) is 6.29. The van der Waals surface area contributed by atoms with Crippen LogP contribution < -0.4 is 4.90 Å². The van der Waals surface area contributed by atoms with Gasteiger partial charge in [-0.2, -0.15) is 0 Å². The number of aromatic carboxylic acids is 1. The normalized spacial score (nSPS) is 24.0. The van der Waals surface area contributed by atoms with Crippen molar-refractivity contribution in [3.63, 3.8) is 0 Å². The van der Waals surface area contributed by atoms with Gasteiger partial charge in [-0.25, -0.2) is 14.8 Å². The van der Waals surface area contributed by atoms with Crippen molar-refractivity contribution in [3.8, 4) is 0 Å². The van der Waals surface area contributed by atoms with E-state index < -0.39 is 5.97 Å². The first kappa shape index (κ1) is 11.4. The highest BCUT2D eigenvalue weighted by molar-refractivity contribution is 5.85. The van der Waals surface area contributed by atoms with Gasteiger partial charge < -0.3 is 10.0 Å². The van der Waals surface area contributed by atoms with Gasteiger partial charge in [0.2, 0.25) is 5.95 Å². The molecule has 0 aliphatic carbocycles. The highest BCUT2D eigenvalue weighted by Crippen LogP contribution is 2.23. The number of carbonyl (C=O) groups is 1. The van der Waals surface area contributed by atoms with Gasteiger partial charge in [-0.15, -0.1) is 0 Å². The summed E-state index contributed by atoms with van der Waals surface area (Å²) in [4.78, 5) is 23.8. The Kier molecular flexibility index (Phi) is 2.87. The number of fused-ring (bicyclic) bond motifs is 1. The van der Waals surface area contributed by atoms with Crippen LogP contribution in [-0.4, -0.2) is 58.2 Å². The van der Waals surface area contributed by atoms with Gasteiger partial charge in [-0.05, 0) is 25.5 Å². The molecular formula is C12H16N4O2. The summed E-state index contributed by atoms with van der Waals surface area (Å²) in [6.07, 6.45) is 4.00. The summed E-state index contributed by atoms with van der Waals surface area (Å²) in [5.41, 5.74) is 0.0638. The molecule has 6 nitrogen and oxygen atoms in total. The van der Waals surface area contributed by atoms with E-state index in [1.807, 2.05) is 0 Å². The van der Waals surface area contributed by atoms with Gasteiger partial charge in [-0.3, -0.25) is 4.90 Å². The van der Waals surface area contributed by atoms with E-state index in [9.17, 15) is 4.79 Å². The Balaban J connectivity index is 1.78. The fourth-order valence-corrected chi connectivity index (χ4v) is 2.79. The third-order valence-corrected chi connectivity index (χ3v) is 3.73. The Morgan fingerprint density at radius 2 is 2.28 bits per heavy atom. The lowest BCUT2D eigenvalue weighted by Crippen LogP contribution is -2.50. The number of anilines is 1. The van der Waals surface area contributed by atoms with Gasteiger partial charge in [0.15, 0.2) is 5.69 Å². The van der Waals surface area contributed by atoms with Crippen LogP contribution in [0.3, 0.4) is 0 Å². The molecule has 6 heteroatoms. The first-order chi connectivity index (χ1) is 8.74. The number of hydrogen-bond donors (Lipinski definition) is 1. The summed E-state index contributed by atoms with van der Waals surface area (Å²) in [6, 6.07) is 2.01. The molecule has 18 heavy (non-hydrogen) atoms. The van der Waals surface area contributed by atoms with E-state index >= 15 is 0 Å². The average Bonchev–Trinajstić information content (AvgIpc) is 2.86. The van der Waals surface area contributed by atoms with Crippen molar-refractivity contribution in [3.05, 3.63) is 18.0 Å². The number of piperazine rings is 1. The molecule has 1 aromatic heterocycles. The standard InChI is InChI=1S/C12H16N4O2/c17-11(18)10-3-4-13-12(14-10)16-7-6-15-5-1-2-9(15)8-16/h3-4,9H,1-2,5-8H2,(H,17,18). The van der Waals surface area contributed by atoms with Crippen LogP contribution in [-0.2, 0) is 0 Å². The van der Waals surface area contributed by atoms with Crippen LogP contribution in [0.5, 0.6) is 0 Å². The Bertz CT molecular complexity index is 465. The summed E-state index contributed by atoms with van der Waals surface area (Å²) < 4.78 is 0. The number of hydrogen-bond acceptors (Lipinski definition) is 5. The summed E-state index contributed by atoms with van der Waals surface area (Å²) in [6.45, 7) is 3.99. The maximum Gasteiger partial charge on any atom is 0.354 e. The average molecular weight is 248 g/mol. The van der Waals surface area contributed by atoms with Gasteiger partial charge in [0.1, 0.15) is 0 Å². The molecule has 0 bridgehead atoms. The second kappa shape index (κ2) is 4.53. The molecule has 96 valence electrons. The van der Waals surface area contributed by atoms with Gasteiger partial charge >= 0.3 is 5.97 Å². The maximum atomic E-state index is 10.9. The predicted molar refractivity (Wildman–Crippen MR) is 65.8 cm³/mol. The van der Waals surface area contributed by atoms with Crippen molar-refractivity contribution in [2.45, 2.75) is 18.9 Å². The van der Waals surface area contributed by atoms with Gasteiger partial charge in [0.05, 0.1) is 0 Å². The van der Waals surface area contributed by atoms with Gasteiger partial charge in [0, 0.05) is 31.9 Å². The molecule has 1 unspecified atom stereocenters. The lowest BCUT2D eigenvalue weighted by atomic mass is 10.1. The number of carboxylic acids is 1. The molecule has 2 fully saturated rings. The van der Waals surface area contributed by atoms with Crippen molar-refractivity contribution in [1.82, 2.24) is 14.9 Å². The zero-order chi connectivity index (χ0) is 12.5. The van der Waals surface area contributed by atoms with E-state index in [-0.39, 0.29) is 5.69 Å². The van der Waals surface area contributed by atoms with Crippen LogP contribution in [0.2, 0.25) is 0 Å². The van der Waals surface area contributed by atoms with Crippen LogP contribution in [0.1, 0.15) is 23.3 Å². The van der Waals surface area contributed by atoms with Crippen LogP contribution in [0.25, 0.3) is 0 Å². The number of aromatic nitrogens is 2. The minimum Gasteiger partial charge on any atom is -0.477 e. The fourth-order valence-electron chi connectivity index (χ4n) is 2.79. The van der Waals surface area contributed by atoms with Gasteiger partial charge in [-0.1, -0.05) is 0 Å². The highest BCUT2D eigenvalue weighted by Gasteiger charge is 2.31. The van der Waals surface area contributed by atoms with Gasteiger partial charge in [0.25, 0.3) is 0 Å². The molecule has 1 N–H and O–H groups in total. The molecule has 0 spiro atoms. The molecule has 2 aliphatic rings. The first-order valence-electron chi connectivity index (χ1n) is 6.29. The third-order valence-electron chi connectivity index (χ3n) is 3.73. The van der Waals surface area contributed by atoms with Crippen LogP contribution in [0.4, 0.5) is 5.95 Å². The molecule has 0 radical (unpaired) electrons. The fraction of sp³-hybridized carbons (Fsp3) is 0.583. The van der Waals surface area contributed by atoms with Crippen LogP contribution >= 0.6 is 0 Å². The molecule has 3 rings (SSSR count). The summed E-state index contributed by atoms with van der Waals surface area (Å²) in [7, 11) is 0. The molecule has 0 amide bonds. The third kappa shape index (κ3) is 2.03. The van der Waals surface area contributed by atoms with Crippen molar-refractivity contribution in [2.75, 3.05) is 31.1 Å². The molecule has 1 aromatic rings. The molecule has 1 atom stereocenters. The van der Waals surface area contributed by atoms with E-state index in [0.717, 1.165) is 19.6 Å². The lowest BCUT2D eigenvalue weighted by Gasteiger charge is -2.37. The Hall–Kier alpha value is -1.69. The number of rotatable bonds is 2. The van der Waals surface area contributed by atoms with E-state index in [0.29, 0.717) is 12.0 Å². The quantitative estimate of drug-likeness (QED) is 0.820. The topological polar surface area (TPSA) is 69.6 Å². The van der Waals surface area contributed by atoms with Crippen molar-refractivity contribution in [2.24, 2.45) is 0 Å². The maximum absolute atomic E-state index is 10.9. The van der Waals surface area contributed by atoms with Crippen molar-refractivity contribution in [1.29, 1.82) is 0 Å². The zero-order valence-electron chi connectivity index (χ0n) is 10.1. The molecule has 2 aliphatic heterocycles. The summed E-state index contributed by atoms with van der Waals surface area (Å²) in [5.74, 6) is -0.459. The Morgan fingerprint density at radius 3 is 3.11 bits per heavy atom. The predicted octanol–water partition coefficient (Wildman–Crippen LogP) is 0.459. The largest absolute Gasteiger partial charge is 0.477 e. The SMILES string of the molecule is O=C(O)c1ccnc(N2CCN3CCCC3C2)n1. The summed E-state index contributed by atoms with van der Waals surface area (Å²) >= 11 is 0. The van der Waals surface area contributed by atoms with Crippen LogP contribution in [0, 0.1) is 0 Å². The monoisotopic (exact) mass is 248 g/mol. The second-order valence-corrected chi connectivity index (χ2v) is 4.83. The molecular weight excluding hydrogens is 232 g/mol. The van der Waals surface area contributed by atoms with E-state index in [1.165, 1.54) is 31.6 Å². The minimum absolute atomic E-state index is 0.0638. The molecule has 0 aromatic carbocycles. The highest BCUT2D eigenvalue weighted by atomic mass is 16.4. The number of nitrogens with zero attached hydrogens (tertiary/aromatic N) is 4. The lowest BCUT2D eigenvalue weighted by molar-refractivity contribution is 0.0690. The van der Waals surface area contributed by atoms with Crippen LogP contribution in [0.15, 0.2) is 12.3 Å². The van der Waals surface area contributed by atoms with E-state index in [4.69, 9.17) is 5.11 Å². The molecule has 0 saturated carbocycles. The Morgan fingerprint density at radius 1 is 1.39 bits per heavy atom. The van der Waals surface area contributed by atoms with E-state index in [2.05, 4.69) is 19.8 Å². The smallest absolute Gasteiger partial charge is 0.354 e. The Labute approximate surface area is 105 Å². The minimum atomic E-state index is -1.00. The molecule has 2 saturated heterocycles.